The molecule has 120 valence electrons. The molecule has 0 spiro atoms. The van der Waals surface area contributed by atoms with Crippen molar-refractivity contribution >= 4 is 16.3 Å². The molecule has 0 radical (unpaired) electrons. The van der Waals surface area contributed by atoms with Crippen molar-refractivity contribution in [2.24, 2.45) is 0 Å². The lowest BCUT2D eigenvalue weighted by molar-refractivity contribution is 0.356. The highest BCUT2D eigenvalue weighted by Gasteiger charge is 2.19. The van der Waals surface area contributed by atoms with Crippen molar-refractivity contribution in [3.63, 3.8) is 0 Å². The molecule has 0 unspecified atom stereocenters. The van der Waals surface area contributed by atoms with Crippen LogP contribution in [0.15, 0.2) is 42.6 Å². The van der Waals surface area contributed by atoms with E-state index in [0.717, 1.165) is 16.3 Å². The van der Waals surface area contributed by atoms with Crippen molar-refractivity contribution in [3.8, 4) is 33.6 Å². The van der Waals surface area contributed by atoms with Crippen molar-refractivity contribution in [2.75, 3.05) is 14.2 Å². The van der Waals surface area contributed by atoms with Crippen molar-refractivity contribution in [1.82, 2.24) is 24.8 Å². The molecular formula is C16H13N5O2S. The van der Waals surface area contributed by atoms with Crippen LogP contribution in [0.25, 0.3) is 27.1 Å². The topological polar surface area (TPSA) is 74.4 Å². The number of hydrogen-bond acceptors (Lipinski definition) is 7. The van der Waals surface area contributed by atoms with E-state index in [1.54, 1.807) is 24.9 Å². The van der Waals surface area contributed by atoms with Crippen LogP contribution in [0, 0.1) is 0 Å². The Kier molecular flexibility index (Phi) is 3.58. The van der Waals surface area contributed by atoms with E-state index in [9.17, 15) is 0 Å². The normalized spacial score (nSPS) is 10.9. The Balaban J connectivity index is 1.87. The van der Waals surface area contributed by atoms with Gasteiger partial charge in [0.1, 0.15) is 5.69 Å². The smallest absolute Gasteiger partial charge is 0.235 e. The summed E-state index contributed by atoms with van der Waals surface area (Å²) in [5.41, 5.74) is 1.57. The number of benzene rings is 1. The molecule has 7 nitrogen and oxygen atoms in total. The minimum atomic E-state index is 0.606. The van der Waals surface area contributed by atoms with Gasteiger partial charge in [0.2, 0.25) is 10.8 Å². The van der Waals surface area contributed by atoms with Gasteiger partial charge < -0.3 is 9.47 Å². The first-order valence-corrected chi connectivity index (χ1v) is 7.98. The number of fused-ring (bicyclic) bond motifs is 1. The molecule has 0 aliphatic rings. The number of aromatic nitrogens is 5. The van der Waals surface area contributed by atoms with Gasteiger partial charge in [-0.3, -0.25) is 4.98 Å². The fourth-order valence-electron chi connectivity index (χ4n) is 2.44. The maximum absolute atomic E-state index is 5.49. The van der Waals surface area contributed by atoms with E-state index in [1.807, 2.05) is 36.4 Å². The molecule has 24 heavy (non-hydrogen) atoms. The van der Waals surface area contributed by atoms with Gasteiger partial charge in [-0.15, -0.1) is 10.2 Å². The van der Waals surface area contributed by atoms with E-state index < -0.39 is 0 Å². The zero-order valence-electron chi connectivity index (χ0n) is 13.0. The number of para-hydroxylation sites is 1. The van der Waals surface area contributed by atoms with E-state index in [4.69, 9.17) is 9.47 Å². The summed E-state index contributed by atoms with van der Waals surface area (Å²) >= 11 is 1.43. The van der Waals surface area contributed by atoms with Crippen LogP contribution in [0.4, 0.5) is 0 Å². The molecule has 0 aliphatic carbocycles. The van der Waals surface area contributed by atoms with Crippen LogP contribution in [0.5, 0.6) is 11.5 Å². The Bertz CT molecular complexity index is 996. The third-order valence-corrected chi connectivity index (χ3v) is 4.45. The molecule has 0 bridgehead atoms. The van der Waals surface area contributed by atoms with E-state index in [1.165, 1.54) is 11.3 Å². The van der Waals surface area contributed by atoms with Crippen LogP contribution in [0.1, 0.15) is 0 Å². The molecule has 8 heteroatoms. The zero-order valence-corrected chi connectivity index (χ0v) is 13.8. The molecule has 3 aromatic heterocycles. The highest BCUT2D eigenvalue weighted by Crippen LogP contribution is 2.39. The summed E-state index contributed by atoms with van der Waals surface area (Å²) in [6, 6.07) is 11.3. The Hall–Kier alpha value is -3.00. The molecule has 4 rings (SSSR count). The average Bonchev–Trinajstić information content (AvgIpc) is 3.22. The minimum absolute atomic E-state index is 0.606. The second-order valence-corrected chi connectivity index (χ2v) is 5.84. The molecule has 0 aliphatic heterocycles. The lowest BCUT2D eigenvalue weighted by Crippen LogP contribution is -1.95. The maximum atomic E-state index is 5.49. The molecule has 0 atom stereocenters. The van der Waals surface area contributed by atoms with Crippen molar-refractivity contribution in [3.05, 3.63) is 42.6 Å². The standard InChI is InChI=1S/C16H13N5O2S/c1-22-12-8-5-6-10(13(12)23-2)15-20-21-14(18-19-16(21)24-15)11-7-3-4-9-17-11/h3-9H,1-2H3. The Labute approximate surface area is 141 Å². The summed E-state index contributed by atoms with van der Waals surface area (Å²) in [5.74, 6) is 1.91. The molecule has 0 saturated carbocycles. The first-order chi connectivity index (χ1) is 11.8. The largest absolute Gasteiger partial charge is 0.493 e. The highest BCUT2D eigenvalue weighted by molar-refractivity contribution is 7.19. The van der Waals surface area contributed by atoms with E-state index in [-0.39, 0.29) is 0 Å². The summed E-state index contributed by atoms with van der Waals surface area (Å²) < 4.78 is 12.5. The molecule has 4 aromatic rings. The lowest BCUT2D eigenvalue weighted by Gasteiger charge is -2.10. The van der Waals surface area contributed by atoms with Crippen LogP contribution in [0.3, 0.4) is 0 Å². The van der Waals surface area contributed by atoms with Crippen LogP contribution in [-0.4, -0.2) is 39.0 Å². The quantitative estimate of drug-likeness (QED) is 0.569. The number of methoxy groups -OCH3 is 2. The Morgan fingerprint density at radius 1 is 1.00 bits per heavy atom. The summed E-state index contributed by atoms with van der Waals surface area (Å²) in [4.78, 5) is 5.00. The number of ether oxygens (including phenoxy) is 2. The van der Waals surface area contributed by atoms with Gasteiger partial charge in [0.15, 0.2) is 16.5 Å². The van der Waals surface area contributed by atoms with Gasteiger partial charge in [0.25, 0.3) is 0 Å². The fraction of sp³-hybridized carbons (Fsp3) is 0.125. The summed E-state index contributed by atoms with van der Waals surface area (Å²) in [5, 5.41) is 13.8. The molecule has 1 aromatic carbocycles. The number of hydrogen-bond donors (Lipinski definition) is 0. The van der Waals surface area contributed by atoms with Gasteiger partial charge in [-0.05, 0) is 24.3 Å². The minimum Gasteiger partial charge on any atom is -0.493 e. The van der Waals surface area contributed by atoms with Crippen LogP contribution in [0.2, 0.25) is 0 Å². The molecule has 3 heterocycles. The lowest BCUT2D eigenvalue weighted by atomic mass is 10.2. The van der Waals surface area contributed by atoms with Gasteiger partial charge in [-0.25, -0.2) is 0 Å². The van der Waals surface area contributed by atoms with Gasteiger partial charge in [0.05, 0.1) is 19.8 Å². The fourth-order valence-corrected chi connectivity index (χ4v) is 3.30. The van der Waals surface area contributed by atoms with Crippen molar-refractivity contribution in [1.29, 1.82) is 0 Å². The maximum Gasteiger partial charge on any atom is 0.235 e. The van der Waals surface area contributed by atoms with Gasteiger partial charge in [0, 0.05) is 6.20 Å². The third-order valence-electron chi connectivity index (χ3n) is 3.52. The number of nitrogens with zero attached hydrogens (tertiary/aromatic N) is 5. The predicted octanol–water partition coefficient (Wildman–Crippen LogP) is 2.93. The molecule has 0 amide bonds. The summed E-state index contributed by atoms with van der Waals surface area (Å²) in [7, 11) is 3.22. The molecule has 0 saturated heterocycles. The molecule has 0 N–H and O–H groups in total. The molecular weight excluding hydrogens is 326 g/mol. The second kappa shape index (κ2) is 5.89. The average molecular weight is 339 g/mol. The van der Waals surface area contributed by atoms with Crippen molar-refractivity contribution < 1.29 is 9.47 Å². The zero-order chi connectivity index (χ0) is 16.5. The van der Waals surface area contributed by atoms with Crippen LogP contribution >= 0.6 is 11.3 Å². The number of rotatable bonds is 4. The van der Waals surface area contributed by atoms with E-state index >= 15 is 0 Å². The first kappa shape index (κ1) is 14.6. The summed E-state index contributed by atoms with van der Waals surface area (Å²) in [6.07, 6.45) is 1.72. The highest BCUT2D eigenvalue weighted by atomic mass is 32.1. The van der Waals surface area contributed by atoms with E-state index in [2.05, 4.69) is 20.3 Å². The SMILES string of the molecule is COc1cccc(-c2nn3c(-c4ccccn4)nnc3s2)c1OC. The Morgan fingerprint density at radius 2 is 1.92 bits per heavy atom. The van der Waals surface area contributed by atoms with Crippen LogP contribution < -0.4 is 9.47 Å². The van der Waals surface area contributed by atoms with Gasteiger partial charge in [-0.2, -0.15) is 9.61 Å². The molecule has 0 fully saturated rings. The predicted molar refractivity (Wildman–Crippen MR) is 90.4 cm³/mol. The Morgan fingerprint density at radius 3 is 2.67 bits per heavy atom. The number of pyridine rings is 1. The van der Waals surface area contributed by atoms with E-state index in [0.29, 0.717) is 22.3 Å². The van der Waals surface area contributed by atoms with Gasteiger partial charge in [-0.1, -0.05) is 23.5 Å². The second-order valence-electron chi connectivity index (χ2n) is 4.88. The van der Waals surface area contributed by atoms with Crippen molar-refractivity contribution in [2.45, 2.75) is 0 Å². The van der Waals surface area contributed by atoms with Crippen LogP contribution in [-0.2, 0) is 0 Å². The third kappa shape index (κ3) is 2.28. The van der Waals surface area contributed by atoms with Gasteiger partial charge >= 0.3 is 0 Å². The summed E-state index contributed by atoms with van der Waals surface area (Å²) in [6.45, 7) is 0. The monoisotopic (exact) mass is 339 g/mol. The first-order valence-electron chi connectivity index (χ1n) is 7.17.